The van der Waals surface area contributed by atoms with Gasteiger partial charge in [0.2, 0.25) is 5.82 Å². The van der Waals surface area contributed by atoms with Gasteiger partial charge in [0.05, 0.1) is 7.11 Å². The molecule has 0 spiro atoms. The van der Waals surface area contributed by atoms with Crippen LogP contribution in [-0.4, -0.2) is 17.3 Å². The first-order chi connectivity index (χ1) is 12.1. The largest absolute Gasteiger partial charge is 0.497 e. The predicted molar refractivity (Wildman–Crippen MR) is 90.9 cm³/mol. The topological polar surface area (TPSA) is 61.3 Å². The lowest BCUT2D eigenvalue weighted by molar-refractivity contribution is 0.415. The predicted octanol–water partition coefficient (Wildman–Crippen LogP) is 4.91. The zero-order valence-corrected chi connectivity index (χ0v) is 14.0. The Morgan fingerprint density at radius 3 is 2.68 bits per heavy atom. The highest BCUT2D eigenvalue weighted by Gasteiger charge is 2.19. The SMILES string of the molecule is COc1ccc2oc(-c3noc(-c4ccc(C)c(F)c4)n3)c(C)c2c1. The zero-order chi connectivity index (χ0) is 17.6. The van der Waals surface area contributed by atoms with Crippen molar-refractivity contribution in [3.05, 3.63) is 53.3 Å². The summed E-state index contributed by atoms with van der Waals surface area (Å²) < 4.78 is 30.1. The van der Waals surface area contributed by atoms with Crippen molar-refractivity contribution < 1.29 is 18.1 Å². The highest BCUT2D eigenvalue weighted by molar-refractivity contribution is 5.87. The minimum absolute atomic E-state index is 0.242. The van der Waals surface area contributed by atoms with Crippen LogP contribution < -0.4 is 4.74 Å². The number of hydrogen-bond donors (Lipinski definition) is 0. The molecule has 0 saturated heterocycles. The van der Waals surface area contributed by atoms with Crippen molar-refractivity contribution in [2.45, 2.75) is 13.8 Å². The molecule has 6 heteroatoms. The molecule has 0 amide bonds. The van der Waals surface area contributed by atoms with Gasteiger partial charge < -0.3 is 13.7 Å². The van der Waals surface area contributed by atoms with Gasteiger partial charge in [0.1, 0.15) is 17.1 Å². The number of fused-ring (bicyclic) bond motifs is 1. The van der Waals surface area contributed by atoms with E-state index < -0.39 is 0 Å². The van der Waals surface area contributed by atoms with E-state index in [2.05, 4.69) is 10.1 Å². The lowest BCUT2D eigenvalue weighted by Crippen LogP contribution is -1.85. The molecule has 126 valence electrons. The van der Waals surface area contributed by atoms with Crippen molar-refractivity contribution in [3.8, 4) is 28.8 Å². The molecule has 0 unspecified atom stereocenters. The molecule has 0 atom stereocenters. The number of methoxy groups -OCH3 is 1. The average Bonchev–Trinajstić information content (AvgIpc) is 3.22. The maximum atomic E-state index is 13.7. The number of aryl methyl sites for hydroxylation is 2. The molecule has 0 bridgehead atoms. The van der Waals surface area contributed by atoms with Gasteiger partial charge in [-0.05, 0) is 49.7 Å². The van der Waals surface area contributed by atoms with Gasteiger partial charge in [-0.15, -0.1) is 0 Å². The Morgan fingerprint density at radius 1 is 1.08 bits per heavy atom. The maximum Gasteiger partial charge on any atom is 0.258 e. The first-order valence-corrected chi connectivity index (χ1v) is 7.74. The molecule has 4 aromatic rings. The van der Waals surface area contributed by atoms with Crippen LogP contribution in [0, 0.1) is 19.7 Å². The lowest BCUT2D eigenvalue weighted by Gasteiger charge is -1.97. The van der Waals surface area contributed by atoms with E-state index in [-0.39, 0.29) is 11.7 Å². The van der Waals surface area contributed by atoms with Crippen molar-refractivity contribution in [2.24, 2.45) is 0 Å². The highest BCUT2D eigenvalue weighted by Crippen LogP contribution is 2.34. The van der Waals surface area contributed by atoms with Crippen molar-refractivity contribution in [1.82, 2.24) is 10.1 Å². The third-order valence-electron chi connectivity index (χ3n) is 4.19. The van der Waals surface area contributed by atoms with Crippen LogP contribution in [0.15, 0.2) is 45.3 Å². The van der Waals surface area contributed by atoms with Gasteiger partial charge in [-0.25, -0.2) is 4.39 Å². The first-order valence-electron chi connectivity index (χ1n) is 7.74. The molecule has 4 rings (SSSR count). The first kappa shape index (κ1) is 15.4. The Morgan fingerprint density at radius 2 is 1.92 bits per heavy atom. The molecule has 0 saturated carbocycles. The Kier molecular flexibility index (Phi) is 3.53. The van der Waals surface area contributed by atoms with Gasteiger partial charge in [-0.1, -0.05) is 11.2 Å². The molecule has 0 aliphatic carbocycles. The molecule has 5 nitrogen and oxygen atoms in total. The molecule has 0 aliphatic heterocycles. The quantitative estimate of drug-likeness (QED) is 0.531. The number of aromatic nitrogens is 2. The Labute approximate surface area is 143 Å². The number of benzene rings is 2. The summed E-state index contributed by atoms with van der Waals surface area (Å²) in [7, 11) is 1.61. The summed E-state index contributed by atoms with van der Waals surface area (Å²) in [5.41, 5.74) is 2.68. The lowest BCUT2D eigenvalue weighted by atomic mass is 10.1. The standard InChI is InChI=1S/C19H15FN2O3/c1-10-4-5-12(8-15(10)20)19-21-18(22-25-19)17-11(2)14-9-13(23-3)6-7-16(14)24-17/h4-9H,1-3H3. The van der Waals surface area contributed by atoms with Crippen molar-refractivity contribution >= 4 is 11.0 Å². The summed E-state index contributed by atoms with van der Waals surface area (Å²) in [5.74, 6) is 1.51. The van der Waals surface area contributed by atoms with Crippen LogP contribution in [-0.2, 0) is 0 Å². The van der Waals surface area contributed by atoms with E-state index >= 15 is 0 Å². The van der Waals surface area contributed by atoms with Gasteiger partial charge in [0.25, 0.3) is 5.89 Å². The third kappa shape index (κ3) is 2.55. The van der Waals surface area contributed by atoms with E-state index in [1.165, 1.54) is 6.07 Å². The van der Waals surface area contributed by atoms with Crippen molar-refractivity contribution in [2.75, 3.05) is 7.11 Å². The van der Waals surface area contributed by atoms with Gasteiger partial charge in [-0.2, -0.15) is 4.98 Å². The van der Waals surface area contributed by atoms with Crippen LogP contribution in [0.3, 0.4) is 0 Å². The van der Waals surface area contributed by atoms with Crippen LogP contribution in [0.2, 0.25) is 0 Å². The number of hydrogen-bond acceptors (Lipinski definition) is 5. The van der Waals surface area contributed by atoms with Gasteiger partial charge in [0.15, 0.2) is 5.76 Å². The van der Waals surface area contributed by atoms with Crippen LogP contribution >= 0.6 is 0 Å². The molecule has 0 N–H and O–H groups in total. The van der Waals surface area contributed by atoms with Crippen LogP contribution in [0.1, 0.15) is 11.1 Å². The zero-order valence-electron chi connectivity index (χ0n) is 14.0. The normalized spacial score (nSPS) is 11.2. The Bertz CT molecular complexity index is 1080. The van der Waals surface area contributed by atoms with Crippen molar-refractivity contribution in [3.63, 3.8) is 0 Å². The third-order valence-corrected chi connectivity index (χ3v) is 4.19. The van der Waals surface area contributed by atoms with E-state index in [9.17, 15) is 4.39 Å². The fourth-order valence-electron chi connectivity index (χ4n) is 2.70. The summed E-state index contributed by atoms with van der Waals surface area (Å²) in [6, 6.07) is 10.4. The number of rotatable bonds is 3. The summed E-state index contributed by atoms with van der Waals surface area (Å²) in [4.78, 5) is 4.35. The Balaban J connectivity index is 1.78. The van der Waals surface area contributed by atoms with E-state index in [1.807, 2.05) is 25.1 Å². The molecular weight excluding hydrogens is 323 g/mol. The second-order valence-corrected chi connectivity index (χ2v) is 5.81. The average molecular weight is 338 g/mol. The fourth-order valence-corrected chi connectivity index (χ4v) is 2.70. The molecule has 2 aromatic heterocycles. The highest BCUT2D eigenvalue weighted by atomic mass is 19.1. The molecule has 2 aromatic carbocycles. The minimum Gasteiger partial charge on any atom is -0.497 e. The fraction of sp³-hybridized carbons (Fsp3) is 0.158. The number of halogens is 1. The number of furan rings is 1. The van der Waals surface area contributed by atoms with E-state index in [0.717, 1.165) is 16.7 Å². The second kappa shape index (κ2) is 5.73. The van der Waals surface area contributed by atoms with E-state index in [0.29, 0.717) is 28.3 Å². The second-order valence-electron chi connectivity index (χ2n) is 5.81. The molecule has 0 aliphatic rings. The molecule has 0 radical (unpaired) electrons. The summed E-state index contributed by atoms with van der Waals surface area (Å²) >= 11 is 0. The molecule has 2 heterocycles. The monoisotopic (exact) mass is 338 g/mol. The molecule has 25 heavy (non-hydrogen) atoms. The van der Waals surface area contributed by atoms with Crippen LogP contribution in [0.4, 0.5) is 4.39 Å². The van der Waals surface area contributed by atoms with E-state index in [4.69, 9.17) is 13.7 Å². The Hall–Kier alpha value is -3.15. The maximum absolute atomic E-state index is 13.7. The summed E-state index contributed by atoms with van der Waals surface area (Å²) in [5, 5.41) is 4.90. The van der Waals surface area contributed by atoms with Crippen molar-refractivity contribution in [1.29, 1.82) is 0 Å². The summed E-state index contributed by atoms with van der Waals surface area (Å²) in [6.45, 7) is 3.62. The van der Waals surface area contributed by atoms with Gasteiger partial charge in [0, 0.05) is 16.5 Å². The molecular formula is C19H15FN2O3. The smallest absolute Gasteiger partial charge is 0.258 e. The van der Waals surface area contributed by atoms with Crippen LogP contribution in [0.25, 0.3) is 34.0 Å². The molecule has 0 fully saturated rings. The summed E-state index contributed by atoms with van der Waals surface area (Å²) in [6.07, 6.45) is 0. The van der Waals surface area contributed by atoms with Gasteiger partial charge >= 0.3 is 0 Å². The number of ether oxygens (including phenoxy) is 1. The van der Waals surface area contributed by atoms with Gasteiger partial charge in [-0.3, -0.25) is 0 Å². The van der Waals surface area contributed by atoms with Crippen LogP contribution in [0.5, 0.6) is 5.75 Å². The minimum atomic E-state index is -0.315. The number of nitrogens with zero attached hydrogens (tertiary/aromatic N) is 2. The van der Waals surface area contributed by atoms with E-state index in [1.54, 1.807) is 26.2 Å².